The van der Waals surface area contributed by atoms with Gasteiger partial charge in [-0.1, -0.05) is 41.5 Å². The summed E-state index contributed by atoms with van der Waals surface area (Å²) in [5, 5.41) is 0. The van der Waals surface area contributed by atoms with Crippen LogP contribution in [0.1, 0.15) is 60.8 Å². The SMILES string of the molecule is CC(C)CC(C)(C)C1CC(C)C(C)C1. The van der Waals surface area contributed by atoms with Crippen LogP contribution in [-0.2, 0) is 0 Å². The second-order valence-electron chi connectivity index (χ2n) is 6.71. The maximum Gasteiger partial charge on any atom is -0.0323 e. The molecule has 0 radical (unpaired) electrons. The summed E-state index contributed by atoms with van der Waals surface area (Å²) in [5.41, 5.74) is 0.563. The summed E-state index contributed by atoms with van der Waals surface area (Å²) in [6, 6.07) is 0. The normalized spacial score (nSPS) is 34.1. The van der Waals surface area contributed by atoms with E-state index in [1.165, 1.54) is 19.3 Å². The highest BCUT2D eigenvalue weighted by atomic mass is 14.4. The molecule has 1 saturated carbocycles. The van der Waals surface area contributed by atoms with E-state index < -0.39 is 0 Å². The lowest BCUT2D eigenvalue weighted by Gasteiger charge is -2.33. The van der Waals surface area contributed by atoms with Gasteiger partial charge in [-0.05, 0) is 48.3 Å². The fourth-order valence-corrected chi connectivity index (χ4v) is 3.32. The van der Waals surface area contributed by atoms with Crippen molar-refractivity contribution < 1.29 is 0 Å². The Morgan fingerprint density at radius 1 is 1.07 bits per heavy atom. The summed E-state index contributed by atoms with van der Waals surface area (Å²) >= 11 is 0. The third kappa shape index (κ3) is 2.74. The van der Waals surface area contributed by atoms with E-state index in [0.717, 1.165) is 23.7 Å². The molecule has 14 heavy (non-hydrogen) atoms. The van der Waals surface area contributed by atoms with Crippen LogP contribution >= 0.6 is 0 Å². The van der Waals surface area contributed by atoms with E-state index in [1.54, 1.807) is 0 Å². The summed E-state index contributed by atoms with van der Waals surface area (Å²) in [6.07, 6.45) is 4.30. The van der Waals surface area contributed by atoms with Gasteiger partial charge in [-0.3, -0.25) is 0 Å². The number of hydrogen-bond donors (Lipinski definition) is 0. The van der Waals surface area contributed by atoms with E-state index in [4.69, 9.17) is 0 Å². The van der Waals surface area contributed by atoms with Gasteiger partial charge in [0.05, 0.1) is 0 Å². The largest absolute Gasteiger partial charge is 0.0628 e. The van der Waals surface area contributed by atoms with Crippen molar-refractivity contribution in [3.8, 4) is 0 Å². The third-order valence-corrected chi connectivity index (χ3v) is 4.32. The van der Waals surface area contributed by atoms with Crippen LogP contribution in [0.15, 0.2) is 0 Å². The standard InChI is InChI=1S/C14H28/c1-10(2)9-14(5,6)13-7-11(3)12(4)8-13/h10-13H,7-9H2,1-6H3. The van der Waals surface area contributed by atoms with Crippen LogP contribution in [-0.4, -0.2) is 0 Å². The van der Waals surface area contributed by atoms with Crippen molar-refractivity contribution in [2.45, 2.75) is 60.8 Å². The van der Waals surface area contributed by atoms with Crippen molar-refractivity contribution in [2.75, 3.05) is 0 Å². The zero-order valence-corrected chi connectivity index (χ0v) is 10.9. The Morgan fingerprint density at radius 2 is 1.50 bits per heavy atom. The quantitative estimate of drug-likeness (QED) is 0.611. The van der Waals surface area contributed by atoms with Crippen molar-refractivity contribution in [2.24, 2.45) is 29.1 Å². The molecule has 2 unspecified atom stereocenters. The summed E-state index contributed by atoms with van der Waals surface area (Å²) in [6.45, 7) is 14.5. The molecular weight excluding hydrogens is 168 g/mol. The molecule has 0 heteroatoms. The minimum Gasteiger partial charge on any atom is -0.0628 e. The van der Waals surface area contributed by atoms with Crippen LogP contribution in [0.3, 0.4) is 0 Å². The zero-order chi connectivity index (χ0) is 10.9. The van der Waals surface area contributed by atoms with Gasteiger partial charge in [-0.25, -0.2) is 0 Å². The molecule has 0 aromatic rings. The van der Waals surface area contributed by atoms with Crippen LogP contribution in [0, 0.1) is 29.1 Å². The Morgan fingerprint density at radius 3 is 1.86 bits per heavy atom. The molecule has 2 atom stereocenters. The molecule has 0 aliphatic heterocycles. The van der Waals surface area contributed by atoms with Crippen LogP contribution < -0.4 is 0 Å². The predicted molar refractivity (Wildman–Crippen MR) is 64.3 cm³/mol. The molecule has 0 spiro atoms. The third-order valence-electron chi connectivity index (χ3n) is 4.32. The van der Waals surface area contributed by atoms with E-state index in [0.29, 0.717) is 5.41 Å². The highest BCUT2D eigenvalue weighted by molar-refractivity contribution is 4.88. The summed E-state index contributed by atoms with van der Waals surface area (Å²) < 4.78 is 0. The fourth-order valence-electron chi connectivity index (χ4n) is 3.32. The van der Waals surface area contributed by atoms with Gasteiger partial charge in [0.15, 0.2) is 0 Å². The lowest BCUT2D eigenvalue weighted by molar-refractivity contribution is 0.168. The molecule has 0 aromatic carbocycles. The molecule has 0 aromatic heterocycles. The van der Waals surface area contributed by atoms with Gasteiger partial charge in [0.1, 0.15) is 0 Å². The topological polar surface area (TPSA) is 0 Å². The second-order valence-corrected chi connectivity index (χ2v) is 6.71. The molecule has 1 aliphatic rings. The maximum absolute atomic E-state index is 2.47. The number of rotatable bonds is 3. The summed E-state index contributed by atoms with van der Waals surface area (Å²) in [7, 11) is 0. The zero-order valence-electron chi connectivity index (χ0n) is 10.9. The van der Waals surface area contributed by atoms with Crippen molar-refractivity contribution in [3.63, 3.8) is 0 Å². The van der Waals surface area contributed by atoms with Gasteiger partial charge in [-0.15, -0.1) is 0 Å². The molecule has 1 aliphatic carbocycles. The molecule has 1 fully saturated rings. The smallest absolute Gasteiger partial charge is 0.0323 e. The van der Waals surface area contributed by atoms with E-state index >= 15 is 0 Å². The Kier molecular flexibility index (Phi) is 3.66. The van der Waals surface area contributed by atoms with Gasteiger partial charge < -0.3 is 0 Å². The van der Waals surface area contributed by atoms with Gasteiger partial charge in [0.2, 0.25) is 0 Å². The fraction of sp³-hybridized carbons (Fsp3) is 1.00. The summed E-state index contributed by atoms with van der Waals surface area (Å²) in [5.74, 6) is 3.71. The monoisotopic (exact) mass is 196 g/mol. The van der Waals surface area contributed by atoms with Gasteiger partial charge in [0.25, 0.3) is 0 Å². The van der Waals surface area contributed by atoms with Crippen LogP contribution in [0.5, 0.6) is 0 Å². The highest BCUT2D eigenvalue weighted by Crippen LogP contribution is 2.47. The van der Waals surface area contributed by atoms with E-state index in [1.807, 2.05) is 0 Å². The lowest BCUT2D eigenvalue weighted by Crippen LogP contribution is -2.24. The van der Waals surface area contributed by atoms with Crippen molar-refractivity contribution >= 4 is 0 Å². The second kappa shape index (κ2) is 4.24. The van der Waals surface area contributed by atoms with Crippen LogP contribution in [0.2, 0.25) is 0 Å². The van der Waals surface area contributed by atoms with Crippen molar-refractivity contribution in [3.05, 3.63) is 0 Å². The van der Waals surface area contributed by atoms with E-state index in [-0.39, 0.29) is 0 Å². The highest BCUT2D eigenvalue weighted by Gasteiger charge is 2.37. The van der Waals surface area contributed by atoms with E-state index in [9.17, 15) is 0 Å². The molecule has 0 heterocycles. The van der Waals surface area contributed by atoms with E-state index in [2.05, 4.69) is 41.5 Å². The Labute approximate surface area is 90.5 Å². The molecule has 0 saturated heterocycles. The number of hydrogen-bond acceptors (Lipinski definition) is 0. The van der Waals surface area contributed by atoms with Crippen molar-refractivity contribution in [1.82, 2.24) is 0 Å². The molecule has 0 bridgehead atoms. The van der Waals surface area contributed by atoms with Gasteiger partial charge >= 0.3 is 0 Å². The molecule has 0 N–H and O–H groups in total. The first-order valence-corrected chi connectivity index (χ1v) is 6.33. The Hall–Kier alpha value is 0. The first-order valence-electron chi connectivity index (χ1n) is 6.33. The summed E-state index contributed by atoms with van der Waals surface area (Å²) in [4.78, 5) is 0. The van der Waals surface area contributed by atoms with Crippen molar-refractivity contribution in [1.29, 1.82) is 0 Å². The molecule has 1 rings (SSSR count). The predicted octanol–water partition coefficient (Wildman–Crippen LogP) is 4.74. The molecule has 0 nitrogen and oxygen atoms in total. The Balaban J connectivity index is 2.56. The van der Waals surface area contributed by atoms with Gasteiger partial charge in [-0.2, -0.15) is 0 Å². The molecule has 84 valence electrons. The average Bonchev–Trinajstić information content (AvgIpc) is 2.30. The van der Waals surface area contributed by atoms with Crippen LogP contribution in [0.4, 0.5) is 0 Å². The molecular formula is C14H28. The molecule has 0 amide bonds. The average molecular weight is 196 g/mol. The van der Waals surface area contributed by atoms with Crippen LogP contribution in [0.25, 0.3) is 0 Å². The first-order chi connectivity index (χ1) is 6.33. The lowest BCUT2D eigenvalue weighted by atomic mass is 9.72. The maximum atomic E-state index is 2.47. The Bertz CT molecular complexity index is 168. The minimum absolute atomic E-state index is 0.563. The van der Waals surface area contributed by atoms with Gasteiger partial charge in [0, 0.05) is 0 Å². The first kappa shape index (κ1) is 12.1. The minimum atomic E-state index is 0.563.